The molecule has 4 aliphatic heterocycles. The van der Waals surface area contributed by atoms with Crippen LogP contribution in [0, 0.1) is 11.3 Å². The molecule has 0 aliphatic carbocycles. The summed E-state index contributed by atoms with van der Waals surface area (Å²) in [5, 5.41) is 8.11. The minimum Gasteiger partial charge on any atom is -0.464 e. The number of piperidine rings is 1. The van der Waals surface area contributed by atoms with Gasteiger partial charge in [0, 0.05) is 92.3 Å². The van der Waals surface area contributed by atoms with Crippen molar-refractivity contribution < 1.29 is 38.2 Å². The van der Waals surface area contributed by atoms with Gasteiger partial charge in [-0.1, -0.05) is 40.3 Å². The number of cyclic esters (lactones) is 1. The van der Waals surface area contributed by atoms with Crippen LogP contribution in [-0.2, 0) is 52.8 Å². The Morgan fingerprint density at radius 3 is 2.67 bits per heavy atom. The molecule has 7 heterocycles. The number of thiazole rings is 1. The second-order valence-electron chi connectivity index (χ2n) is 19.8. The highest BCUT2D eigenvalue weighted by Crippen LogP contribution is 2.42. The standard InChI is InChI=1S/C51H67N9O8S/c1-10-43(61)59-22-23-67-41-18-21-57(27-40(41)59)50(65)56(8)45(30(3)4)47(62)54-37-25-42-53-38(28-69-42)32-16-17-39-34(24-32)35(46(58(39)11-2)33-14-12-19-52-44(33)31(5)66-9)26-51(6,7)29-68-49(64)36-15-13-20-60(55-36)48(37)63/h10,12,14,16-17,19,24,28,30-31,36-37,40-41,45,55H,1,11,13,15,18,20-23,25-27,29H2,2-9H3,(H,54,62)/t31-,36-,37-,40-,41+,45?/m0/s1. The number of aryl methyl sites for hydroxylation is 1. The topological polar surface area (TPSA) is 181 Å². The third kappa shape index (κ3) is 10.2. The van der Waals surface area contributed by atoms with Crippen molar-refractivity contribution in [3.8, 4) is 22.5 Å². The van der Waals surface area contributed by atoms with E-state index in [0.29, 0.717) is 63.5 Å². The lowest BCUT2D eigenvalue weighted by atomic mass is 9.84. The van der Waals surface area contributed by atoms with Gasteiger partial charge in [-0.2, -0.15) is 0 Å². The SMILES string of the molecule is C=CC(=O)N1CCO[C@@H]2CCN(C(=O)N(C)C(C(=O)N[C@H]3Cc4nc(cs4)-c4ccc5c(c4)c(c(-c4cccnc4[C@H](C)OC)n5CC)CC(C)(C)COC(=O)[C@@H]4CCCN(N4)C3=O)C(C)C)C[C@@H]21. The van der Waals surface area contributed by atoms with Crippen molar-refractivity contribution >= 4 is 52.0 Å². The number of morpholine rings is 1. The number of nitrogens with zero attached hydrogens (tertiary/aromatic N) is 7. The van der Waals surface area contributed by atoms with Crippen LogP contribution in [0.3, 0.4) is 0 Å². The van der Waals surface area contributed by atoms with Crippen LogP contribution in [0.4, 0.5) is 4.79 Å². The maximum Gasteiger partial charge on any atom is 0.324 e. The summed E-state index contributed by atoms with van der Waals surface area (Å²) in [5.41, 5.74) is 9.23. The normalized spacial score (nSPS) is 22.9. The highest BCUT2D eigenvalue weighted by molar-refractivity contribution is 7.10. The summed E-state index contributed by atoms with van der Waals surface area (Å²) in [6.07, 6.45) is 4.76. The number of likely N-dealkylation sites (tertiary alicyclic amines) is 1. The molecule has 6 bridgehead atoms. The fraction of sp³-hybridized carbons (Fsp3) is 0.549. The second kappa shape index (κ2) is 20.7. The molecular formula is C51H67N9O8S. The molecule has 3 fully saturated rings. The highest BCUT2D eigenvalue weighted by Gasteiger charge is 2.43. The number of urea groups is 1. The predicted molar refractivity (Wildman–Crippen MR) is 263 cm³/mol. The summed E-state index contributed by atoms with van der Waals surface area (Å²) in [5.74, 6) is -1.96. The van der Waals surface area contributed by atoms with Crippen LogP contribution < -0.4 is 10.7 Å². The molecule has 370 valence electrons. The molecule has 0 saturated carbocycles. The molecule has 0 radical (unpaired) electrons. The van der Waals surface area contributed by atoms with Crippen molar-refractivity contribution in [2.75, 3.05) is 53.6 Å². The number of hydrogen-bond donors (Lipinski definition) is 2. The first kappa shape index (κ1) is 49.7. The van der Waals surface area contributed by atoms with E-state index in [9.17, 15) is 24.0 Å². The summed E-state index contributed by atoms with van der Waals surface area (Å²) >= 11 is 1.40. The number of amides is 5. The number of esters is 1. The van der Waals surface area contributed by atoms with E-state index < -0.39 is 41.3 Å². The fourth-order valence-corrected chi connectivity index (χ4v) is 11.4. The number of rotatable bonds is 9. The van der Waals surface area contributed by atoms with Crippen LogP contribution >= 0.6 is 11.3 Å². The van der Waals surface area contributed by atoms with E-state index >= 15 is 0 Å². The van der Waals surface area contributed by atoms with E-state index in [1.807, 2.05) is 32.2 Å². The Morgan fingerprint density at radius 2 is 1.93 bits per heavy atom. The average Bonchev–Trinajstić information content (AvgIpc) is 3.95. The zero-order chi connectivity index (χ0) is 49.3. The van der Waals surface area contributed by atoms with Crippen LogP contribution in [0.5, 0.6) is 0 Å². The molecule has 1 aromatic carbocycles. The monoisotopic (exact) mass is 965 g/mol. The number of ether oxygens (including phenoxy) is 3. The lowest BCUT2D eigenvalue weighted by Crippen LogP contribution is -2.65. The summed E-state index contributed by atoms with van der Waals surface area (Å²) in [7, 11) is 3.28. The Bertz CT molecular complexity index is 2590. The lowest BCUT2D eigenvalue weighted by molar-refractivity contribution is -0.155. The molecule has 6 atom stereocenters. The van der Waals surface area contributed by atoms with E-state index in [1.165, 1.54) is 27.3 Å². The van der Waals surface area contributed by atoms with Gasteiger partial charge in [0.05, 0.1) is 53.6 Å². The van der Waals surface area contributed by atoms with Crippen LogP contribution in [0.25, 0.3) is 33.4 Å². The first-order valence-electron chi connectivity index (χ1n) is 24.2. The number of nitrogens with one attached hydrogen (secondary N) is 2. The average molecular weight is 966 g/mol. The Balaban J connectivity index is 1.13. The molecule has 69 heavy (non-hydrogen) atoms. The molecule has 0 spiro atoms. The van der Waals surface area contributed by atoms with Gasteiger partial charge in [0.2, 0.25) is 11.8 Å². The highest BCUT2D eigenvalue weighted by atomic mass is 32.1. The molecule has 1 unspecified atom stereocenters. The summed E-state index contributed by atoms with van der Waals surface area (Å²) in [4.78, 5) is 85.1. The van der Waals surface area contributed by atoms with Crippen molar-refractivity contribution in [3.63, 3.8) is 0 Å². The Morgan fingerprint density at radius 1 is 1.13 bits per heavy atom. The first-order valence-corrected chi connectivity index (χ1v) is 25.1. The molecule has 5 amide bonds. The minimum atomic E-state index is -1.10. The summed E-state index contributed by atoms with van der Waals surface area (Å²) < 4.78 is 20.2. The molecule has 8 rings (SSSR count). The third-order valence-corrected chi connectivity index (χ3v) is 15.0. The zero-order valence-corrected chi connectivity index (χ0v) is 42.0. The molecule has 4 aromatic rings. The zero-order valence-electron chi connectivity index (χ0n) is 41.2. The van der Waals surface area contributed by atoms with Crippen LogP contribution in [-0.4, -0.2) is 148 Å². The number of hydrazine groups is 1. The van der Waals surface area contributed by atoms with Crippen molar-refractivity contribution in [2.24, 2.45) is 11.3 Å². The fourth-order valence-electron chi connectivity index (χ4n) is 10.5. The number of benzene rings is 1. The smallest absolute Gasteiger partial charge is 0.324 e. The number of aromatic nitrogens is 3. The number of carbonyl (C=O) groups is 5. The molecule has 2 N–H and O–H groups in total. The minimum absolute atomic E-state index is 0.0624. The van der Waals surface area contributed by atoms with Crippen LogP contribution in [0.2, 0.25) is 0 Å². The van der Waals surface area contributed by atoms with E-state index in [-0.39, 0.29) is 55.7 Å². The number of pyridine rings is 1. The third-order valence-electron chi connectivity index (χ3n) is 14.1. The van der Waals surface area contributed by atoms with Crippen molar-refractivity contribution in [3.05, 3.63) is 70.8 Å². The maximum absolute atomic E-state index is 14.7. The molecule has 3 aromatic heterocycles. The number of carbonyl (C=O) groups excluding carboxylic acids is 5. The second-order valence-corrected chi connectivity index (χ2v) is 20.7. The number of fused-ring (bicyclic) bond motifs is 7. The van der Waals surface area contributed by atoms with Gasteiger partial charge < -0.3 is 38.8 Å². The van der Waals surface area contributed by atoms with Crippen LogP contribution in [0.15, 0.2) is 54.6 Å². The van der Waals surface area contributed by atoms with E-state index in [0.717, 1.165) is 44.7 Å². The molecular weight excluding hydrogens is 899 g/mol. The number of methoxy groups -OCH3 is 1. The molecule has 17 nitrogen and oxygen atoms in total. The van der Waals surface area contributed by atoms with Gasteiger partial charge in [0.15, 0.2) is 0 Å². The van der Waals surface area contributed by atoms with Gasteiger partial charge in [0.25, 0.3) is 5.91 Å². The van der Waals surface area contributed by atoms with Gasteiger partial charge in [-0.3, -0.25) is 29.2 Å². The largest absolute Gasteiger partial charge is 0.464 e. The Kier molecular flexibility index (Phi) is 14.9. The van der Waals surface area contributed by atoms with E-state index in [2.05, 4.69) is 66.9 Å². The van der Waals surface area contributed by atoms with Crippen LogP contribution in [0.1, 0.15) is 83.2 Å². The number of hydrogen-bond acceptors (Lipinski definition) is 12. The van der Waals surface area contributed by atoms with Gasteiger partial charge in [-0.25, -0.2) is 15.2 Å². The maximum atomic E-state index is 14.7. The molecule has 18 heteroatoms. The quantitative estimate of drug-likeness (QED) is 0.154. The summed E-state index contributed by atoms with van der Waals surface area (Å²) in [6.45, 7) is 18.3. The lowest BCUT2D eigenvalue weighted by Gasteiger charge is -2.47. The first-order chi connectivity index (χ1) is 33.0. The Labute approximate surface area is 408 Å². The summed E-state index contributed by atoms with van der Waals surface area (Å²) in [6, 6.07) is 6.83. The van der Waals surface area contributed by atoms with Gasteiger partial charge in [-0.15, -0.1) is 11.3 Å². The van der Waals surface area contributed by atoms with Gasteiger partial charge in [-0.05, 0) is 81.4 Å². The number of likely N-dealkylation sites (N-methyl/N-ethyl adjacent to an activating group) is 1. The van der Waals surface area contributed by atoms with Crippen molar-refractivity contribution in [1.29, 1.82) is 0 Å². The molecule has 4 aliphatic rings. The molecule has 3 saturated heterocycles. The predicted octanol–water partition coefficient (Wildman–Crippen LogP) is 5.77. The van der Waals surface area contributed by atoms with E-state index in [1.54, 1.807) is 30.2 Å². The Hall–Kier alpha value is -5.69. The van der Waals surface area contributed by atoms with Gasteiger partial charge in [0.1, 0.15) is 18.1 Å². The van der Waals surface area contributed by atoms with Crippen molar-refractivity contribution in [1.82, 2.24) is 45.0 Å². The van der Waals surface area contributed by atoms with Crippen molar-refractivity contribution in [2.45, 2.75) is 117 Å². The van der Waals surface area contributed by atoms with E-state index in [4.69, 9.17) is 24.2 Å². The van der Waals surface area contributed by atoms with Gasteiger partial charge >= 0.3 is 12.0 Å².